The van der Waals surface area contributed by atoms with Crippen molar-refractivity contribution in [3.8, 4) is 0 Å². The highest BCUT2D eigenvalue weighted by Crippen LogP contribution is 2.05. The smallest absolute Gasteiger partial charge is 0.237 e. The summed E-state index contributed by atoms with van der Waals surface area (Å²) in [6, 6.07) is -0.477. The number of carbonyl (C=O) groups is 1. The zero-order chi connectivity index (χ0) is 12.0. The van der Waals surface area contributed by atoms with E-state index in [-0.39, 0.29) is 36.7 Å². The van der Waals surface area contributed by atoms with Crippen LogP contribution in [-0.2, 0) is 4.79 Å². The highest BCUT2D eigenvalue weighted by Gasteiger charge is 2.20. The van der Waals surface area contributed by atoms with Crippen LogP contribution in [0.15, 0.2) is 0 Å². The second-order valence-corrected chi connectivity index (χ2v) is 4.47. The van der Waals surface area contributed by atoms with Gasteiger partial charge in [0.1, 0.15) is 0 Å². The Morgan fingerprint density at radius 1 is 1.38 bits per heavy atom. The predicted octanol–water partition coefficient (Wildman–Crippen LogP) is 0.915. The summed E-state index contributed by atoms with van der Waals surface area (Å²) in [5.41, 5.74) is 5.74. The molecule has 5 heteroatoms. The summed E-state index contributed by atoms with van der Waals surface area (Å²) in [5, 5.41) is 12.2. The number of hydrogen-bond acceptors (Lipinski definition) is 3. The van der Waals surface area contributed by atoms with Crippen molar-refractivity contribution in [3.63, 3.8) is 0 Å². The molecule has 4 nitrogen and oxygen atoms in total. The van der Waals surface area contributed by atoms with Crippen LogP contribution in [0.4, 0.5) is 0 Å². The minimum absolute atomic E-state index is 0. The molecule has 3 unspecified atom stereocenters. The molecule has 0 aliphatic heterocycles. The summed E-state index contributed by atoms with van der Waals surface area (Å²) in [4.78, 5) is 11.5. The first kappa shape index (κ1) is 18.1. The second kappa shape index (κ2) is 8.79. The van der Waals surface area contributed by atoms with Crippen molar-refractivity contribution in [2.45, 2.75) is 46.3 Å². The van der Waals surface area contributed by atoms with Crippen LogP contribution < -0.4 is 11.1 Å². The highest BCUT2D eigenvalue weighted by atomic mass is 35.5. The fourth-order valence-corrected chi connectivity index (χ4v) is 1.07. The van der Waals surface area contributed by atoms with Crippen molar-refractivity contribution in [1.29, 1.82) is 0 Å². The number of hydrogen-bond donors (Lipinski definition) is 3. The normalized spacial score (nSPS) is 16.2. The summed E-state index contributed by atoms with van der Waals surface area (Å²) in [6.45, 7) is 8.04. The molecule has 0 saturated carbocycles. The molecule has 0 fully saturated rings. The van der Waals surface area contributed by atoms with Crippen LogP contribution in [-0.4, -0.2) is 29.7 Å². The van der Waals surface area contributed by atoms with E-state index in [1.54, 1.807) is 0 Å². The third-order valence-corrected chi connectivity index (χ3v) is 2.81. The van der Waals surface area contributed by atoms with Gasteiger partial charge in [0.15, 0.2) is 0 Å². The molecule has 0 aromatic rings. The van der Waals surface area contributed by atoms with Crippen LogP contribution in [0.3, 0.4) is 0 Å². The van der Waals surface area contributed by atoms with Crippen molar-refractivity contribution >= 4 is 18.3 Å². The van der Waals surface area contributed by atoms with E-state index < -0.39 is 12.1 Å². The van der Waals surface area contributed by atoms with Gasteiger partial charge in [0, 0.05) is 6.54 Å². The number of halogens is 1. The summed E-state index contributed by atoms with van der Waals surface area (Å²) in [5.74, 6) is 0.135. The van der Waals surface area contributed by atoms with Gasteiger partial charge in [0.2, 0.25) is 5.91 Å². The molecule has 0 aromatic carbocycles. The minimum atomic E-state index is -0.502. The Balaban J connectivity index is 0. The molecule has 0 aliphatic carbocycles. The molecule has 0 spiro atoms. The lowest BCUT2D eigenvalue weighted by molar-refractivity contribution is -0.124. The first-order valence-electron chi connectivity index (χ1n) is 5.61. The Bertz CT molecular complexity index is 200. The van der Waals surface area contributed by atoms with E-state index in [0.29, 0.717) is 0 Å². The standard InChI is InChI=1S/C11H24N2O2.ClH/c1-5-8(4)10(12)11(15)13-6-9(14)7(2)3;/h7-10,14H,5-6,12H2,1-4H3,(H,13,15);1H. The average Bonchev–Trinajstić information content (AvgIpc) is 2.22. The van der Waals surface area contributed by atoms with Gasteiger partial charge < -0.3 is 16.2 Å². The fourth-order valence-electron chi connectivity index (χ4n) is 1.07. The van der Waals surface area contributed by atoms with Gasteiger partial charge in [-0.25, -0.2) is 0 Å². The van der Waals surface area contributed by atoms with Crippen LogP contribution in [0.2, 0.25) is 0 Å². The molecule has 1 amide bonds. The van der Waals surface area contributed by atoms with Crippen molar-refractivity contribution in [2.24, 2.45) is 17.6 Å². The monoisotopic (exact) mass is 252 g/mol. The lowest BCUT2D eigenvalue weighted by atomic mass is 9.99. The number of rotatable bonds is 6. The number of amides is 1. The Hall–Kier alpha value is -0.320. The van der Waals surface area contributed by atoms with E-state index in [9.17, 15) is 9.90 Å². The van der Waals surface area contributed by atoms with Crippen LogP contribution in [0.25, 0.3) is 0 Å². The number of nitrogens with two attached hydrogens (primary N) is 1. The van der Waals surface area contributed by atoms with Gasteiger partial charge in [0.05, 0.1) is 12.1 Å². The van der Waals surface area contributed by atoms with E-state index in [2.05, 4.69) is 5.32 Å². The summed E-state index contributed by atoms with van der Waals surface area (Å²) >= 11 is 0. The Labute approximate surface area is 104 Å². The van der Waals surface area contributed by atoms with Crippen LogP contribution in [0, 0.1) is 11.8 Å². The first-order valence-corrected chi connectivity index (χ1v) is 5.61. The van der Waals surface area contributed by atoms with E-state index in [1.807, 2.05) is 27.7 Å². The quantitative estimate of drug-likeness (QED) is 0.658. The van der Waals surface area contributed by atoms with Gasteiger partial charge >= 0.3 is 0 Å². The molecule has 0 radical (unpaired) electrons. The van der Waals surface area contributed by atoms with Crippen molar-refractivity contribution in [1.82, 2.24) is 5.32 Å². The molecular formula is C11H25ClN2O2. The summed E-state index contributed by atoms with van der Waals surface area (Å²) < 4.78 is 0. The van der Waals surface area contributed by atoms with Gasteiger partial charge in [-0.2, -0.15) is 0 Å². The summed E-state index contributed by atoms with van der Waals surface area (Å²) in [7, 11) is 0. The van der Waals surface area contributed by atoms with Gasteiger partial charge in [0.25, 0.3) is 0 Å². The molecule has 0 aliphatic rings. The minimum Gasteiger partial charge on any atom is -0.391 e. The van der Waals surface area contributed by atoms with E-state index in [0.717, 1.165) is 6.42 Å². The Morgan fingerprint density at radius 2 is 1.88 bits per heavy atom. The van der Waals surface area contributed by atoms with E-state index in [1.165, 1.54) is 0 Å². The maximum Gasteiger partial charge on any atom is 0.237 e. The highest BCUT2D eigenvalue weighted by molar-refractivity contribution is 5.85. The van der Waals surface area contributed by atoms with E-state index in [4.69, 9.17) is 5.73 Å². The van der Waals surface area contributed by atoms with Crippen molar-refractivity contribution < 1.29 is 9.90 Å². The Kier molecular flexibility index (Phi) is 9.92. The first-order chi connectivity index (χ1) is 6.90. The number of aliphatic hydroxyl groups is 1. The van der Waals surface area contributed by atoms with Crippen LogP contribution >= 0.6 is 12.4 Å². The molecule has 0 rings (SSSR count). The van der Waals surface area contributed by atoms with Crippen molar-refractivity contribution in [2.75, 3.05) is 6.54 Å². The topological polar surface area (TPSA) is 75.4 Å². The third-order valence-electron chi connectivity index (χ3n) is 2.81. The van der Waals surface area contributed by atoms with Crippen LogP contribution in [0.1, 0.15) is 34.1 Å². The van der Waals surface area contributed by atoms with E-state index >= 15 is 0 Å². The molecule has 0 heterocycles. The third kappa shape index (κ3) is 6.30. The molecule has 3 atom stereocenters. The molecule has 98 valence electrons. The number of nitrogens with one attached hydrogen (secondary N) is 1. The predicted molar refractivity (Wildman–Crippen MR) is 68.5 cm³/mol. The largest absolute Gasteiger partial charge is 0.391 e. The van der Waals surface area contributed by atoms with Gasteiger partial charge in [-0.05, 0) is 11.8 Å². The number of aliphatic hydroxyl groups excluding tert-OH is 1. The summed E-state index contributed by atoms with van der Waals surface area (Å²) in [6.07, 6.45) is 0.375. The second-order valence-electron chi connectivity index (χ2n) is 4.47. The van der Waals surface area contributed by atoms with Gasteiger partial charge in [-0.15, -0.1) is 12.4 Å². The molecular weight excluding hydrogens is 228 g/mol. The average molecular weight is 253 g/mol. The number of carbonyl (C=O) groups excluding carboxylic acids is 1. The Morgan fingerprint density at radius 3 is 2.25 bits per heavy atom. The molecule has 0 aromatic heterocycles. The lowest BCUT2D eigenvalue weighted by Gasteiger charge is -2.20. The lowest BCUT2D eigenvalue weighted by Crippen LogP contribution is -2.47. The molecule has 16 heavy (non-hydrogen) atoms. The SMILES string of the molecule is CCC(C)C(N)C(=O)NCC(O)C(C)C.Cl. The van der Waals surface area contributed by atoms with Crippen molar-refractivity contribution in [3.05, 3.63) is 0 Å². The zero-order valence-electron chi connectivity index (χ0n) is 10.6. The maximum atomic E-state index is 11.5. The fraction of sp³-hybridized carbons (Fsp3) is 0.909. The van der Waals surface area contributed by atoms with Crippen LogP contribution in [0.5, 0.6) is 0 Å². The molecule has 0 saturated heterocycles. The van der Waals surface area contributed by atoms with Gasteiger partial charge in [-0.3, -0.25) is 4.79 Å². The zero-order valence-corrected chi connectivity index (χ0v) is 11.4. The molecule has 0 bridgehead atoms. The maximum absolute atomic E-state index is 11.5. The van der Waals surface area contributed by atoms with Gasteiger partial charge in [-0.1, -0.05) is 34.1 Å². The molecule has 4 N–H and O–H groups in total.